The predicted molar refractivity (Wildman–Crippen MR) is 93.8 cm³/mol. The van der Waals surface area contributed by atoms with E-state index in [0.29, 0.717) is 16.8 Å². The number of aromatic nitrogens is 3. The molecule has 0 radical (unpaired) electrons. The number of benzene rings is 1. The first kappa shape index (κ1) is 18.0. The van der Waals surface area contributed by atoms with Crippen LogP contribution in [0.3, 0.4) is 0 Å². The largest absolute Gasteiger partial charge is 0.366 e. The molecule has 8 heteroatoms. The SMILES string of the molecule is CC(C)Cc1nc(SC(C)C(=O)Nc2ccccc2C(N)=O)n[nH]1. The minimum atomic E-state index is -0.585. The summed E-state index contributed by atoms with van der Waals surface area (Å²) in [7, 11) is 0. The molecule has 0 aliphatic carbocycles. The molecule has 0 fully saturated rings. The van der Waals surface area contributed by atoms with Gasteiger partial charge in [0.25, 0.3) is 5.91 Å². The van der Waals surface area contributed by atoms with Crippen LogP contribution in [-0.2, 0) is 11.2 Å². The Hall–Kier alpha value is -2.35. The van der Waals surface area contributed by atoms with Gasteiger partial charge in [0.1, 0.15) is 5.82 Å². The Morgan fingerprint density at radius 2 is 2.00 bits per heavy atom. The van der Waals surface area contributed by atoms with Crippen molar-refractivity contribution >= 4 is 29.3 Å². The van der Waals surface area contributed by atoms with Crippen LogP contribution in [0.5, 0.6) is 0 Å². The zero-order valence-corrected chi connectivity index (χ0v) is 14.7. The standard InChI is InChI=1S/C16H21N5O2S/c1-9(2)8-13-19-16(21-20-13)24-10(3)15(23)18-12-7-5-4-6-11(12)14(17)22/h4-7,9-10H,8H2,1-3H3,(H2,17,22)(H,18,23)(H,19,20,21). The number of nitrogens with zero attached hydrogens (tertiary/aromatic N) is 2. The third kappa shape index (κ3) is 4.82. The van der Waals surface area contributed by atoms with Crippen molar-refractivity contribution < 1.29 is 9.59 Å². The number of nitrogens with two attached hydrogens (primary N) is 1. The van der Waals surface area contributed by atoms with E-state index in [1.54, 1.807) is 31.2 Å². The molecule has 0 aliphatic rings. The Labute approximate surface area is 144 Å². The lowest BCUT2D eigenvalue weighted by molar-refractivity contribution is -0.115. The molecule has 7 nitrogen and oxygen atoms in total. The Balaban J connectivity index is 2.00. The van der Waals surface area contributed by atoms with Crippen LogP contribution in [0.15, 0.2) is 29.4 Å². The number of aromatic amines is 1. The molecule has 1 heterocycles. The number of hydrogen-bond donors (Lipinski definition) is 3. The van der Waals surface area contributed by atoms with Gasteiger partial charge in [-0.15, -0.1) is 5.10 Å². The van der Waals surface area contributed by atoms with E-state index in [2.05, 4.69) is 34.3 Å². The summed E-state index contributed by atoms with van der Waals surface area (Å²) in [6.07, 6.45) is 0.806. The second-order valence-electron chi connectivity index (χ2n) is 5.82. The Morgan fingerprint density at radius 3 is 2.67 bits per heavy atom. The molecule has 1 aromatic heterocycles. The summed E-state index contributed by atoms with van der Waals surface area (Å²) in [5.41, 5.74) is 5.99. The molecule has 0 saturated carbocycles. The molecular weight excluding hydrogens is 326 g/mol. The van der Waals surface area contributed by atoms with E-state index < -0.39 is 11.2 Å². The van der Waals surface area contributed by atoms with Crippen LogP contribution in [0.25, 0.3) is 0 Å². The minimum Gasteiger partial charge on any atom is -0.366 e. The third-order valence-electron chi connectivity index (χ3n) is 3.21. The van der Waals surface area contributed by atoms with Crippen LogP contribution in [0.2, 0.25) is 0 Å². The Bertz CT molecular complexity index is 729. The summed E-state index contributed by atoms with van der Waals surface area (Å²) in [5.74, 6) is 0.448. The highest BCUT2D eigenvalue weighted by atomic mass is 32.2. The number of nitrogens with one attached hydrogen (secondary N) is 2. The number of para-hydroxylation sites is 1. The van der Waals surface area contributed by atoms with E-state index in [1.807, 2.05) is 0 Å². The lowest BCUT2D eigenvalue weighted by atomic mass is 10.1. The fraction of sp³-hybridized carbons (Fsp3) is 0.375. The molecular formula is C16H21N5O2S. The van der Waals surface area contributed by atoms with E-state index in [-0.39, 0.29) is 11.5 Å². The number of hydrogen-bond acceptors (Lipinski definition) is 5. The molecule has 0 spiro atoms. The third-order valence-corrected chi connectivity index (χ3v) is 4.18. The van der Waals surface area contributed by atoms with Gasteiger partial charge in [-0.25, -0.2) is 4.98 Å². The minimum absolute atomic E-state index is 0.246. The van der Waals surface area contributed by atoms with Crippen LogP contribution in [0, 0.1) is 5.92 Å². The van der Waals surface area contributed by atoms with Gasteiger partial charge >= 0.3 is 0 Å². The number of anilines is 1. The summed E-state index contributed by atoms with van der Waals surface area (Å²) < 4.78 is 0. The molecule has 0 saturated heterocycles. The summed E-state index contributed by atoms with van der Waals surface area (Å²) in [6.45, 7) is 5.95. The van der Waals surface area contributed by atoms with E-state index >= 15 is 0 Å². The molecule has 2 amide bonds. The number of amides is 2. The zero-order valence-electron chi connectivity index (χ0n) is 13.9. The van der Waals surface area contributed by atoms with Crippen molar-refractivity contribution in [3.63, 3.8) is 0 Å². The van der Waals surface area contributed by atoms with Crippen LogP contribution >= 0.6 is 11.8 Å². The zero-order chi connectivity index (χ0) is 17.7. The van der Waals surface area contributed by atoms with Gasteiger partial charge in [0.2, 0.25) is 11.1 Å². The van der Waals surface area contributed by atoms with Crippen molar-refractivity contribution in [2.75, 3.05) is 5.32 Å². The topological polar surface area (TPSA) is 114 Å². The number of carbonyl (C=O) groups is 2. The van der Waals surface area contributed by atoms with Gasteiger partial charge in [-0.1, -0.05) is 37.7 Å². The fourth-order valence-electron chi connectivity index (χ4n) is 2.06. The molecule has 2 rings (SSSR count). The summed E-state index contributed by atoms with van der Waals surface area (Å²) in [4.78, 5) is 28.1. The maximum absolute atomic E-state index is 12.3. The monoisotopic (exact) mass is 347 g/mol. The number of rotatable bonds is 7. The summed E-state index contributed by atoms with van der Waals surface area (Å²) >= 11 is 1.25. The molecule has 1 aromatic carbocycles. The maximum Gasteiger partial charge on any atom is 0.250 e. The smallest absolute Gasteiger partial charge is 0.250 e. The van der Waals surface area contributed by atoms with E-state index in [9.17, 15) is 9.59 Å². The van der Waals surface area contributed by atoms with Gasteiger partial charge in [-0.2, -0.15) is 0 Å². The molecule has 1 unspecified atom stereocenters. The average molecular weight is 347 g/mol. The van der Waals surface area contributed by atoms with Crippen LogP contribution in [0.4, 0.5) is 5.69 Å². The van der Waals surface area contributed by atoms with Crippen molar-refractivity contribution in [2.24, 2.45) is 11.7 Å². The molecule has 0 bridgehead atoms. The first-order chi connectivity index (χ1) is 11.4. The highest BCUT2D eigenvalue weighted by molar-refractivity contribution is 8.00. The number of primary amides is 1. The summed E-state index contributed by atoms with van der Waals surface area (Å²) in [6, 6.07) is 6.64. The van der Waals surface area contributed by atoms with Crippen molar-refractivity contribution in [1.82, 2.24) is 15.2 Å². The van der Waals surface area contributed by atoms with E-state index in [0.717, 1.165) is 12.2 Å². The lowest BCUT2D eigenvalue weighted by Crippen LogP contribution is -2.24. The normalized spacial score (nSPS) is 12.2. The average Bonchev–Trinajstić information content (AvgIpc) is 2.93. The van der Waals surface area contributed by atoms with E-state index in [1.165, 1.54) is 11.8 Å². The number of carbonyl (C=O) groups excluding carboxylic acids is 2. The maximum atomic E-state index is 12.3. The molecule has 24 heavy (non-hydrogen) atoms. The lowest BCUT2D eigenvalue weighted by Gasteiger charge is -2.12. The van der Waals surface area contributed by atoms with Crippen molar-refractivity contribution in [1.29, 1.82) is 0 Å². The molecule has 2 aromatic rings. The van der Waals surface area contributed by atoms with Gasteiger partial charge in [-0.05, 0) is 25.0 Å². The first-order valence-electron chi connectivity index (χ1n) is 7.64. The van der Waals surface area contributed by atoms with Crippen LogP contribution < -0.4 is 11.1 Å². The van der Waals surface area contributed by atoms with E-state index in [4.69, 9.17) is 5.73 Å². The van der Waals surface area contributed by atoms with Gasteiger partial charge in [0.15, 0.2) is 0 Å². The van der Waals surface area contributed by atoms with Crippen LogP contribution in [-0.4, -0.2) is 32.2 Å². The Kier molecular flexibility index (Phi) is 5.97. The van der Waals surface area contributed by atoms with Gasteiger partial charge in [-0.3, -0.25) is 14.7 Å². The quantitative estimate of drug-likeness (QED) is 0.665. The van der Waals surface area contributed by atoms with Gasteiger partial charge in [0, 0.05) is 6.42 Å². The van der Waals surface area contributed by atoms with Crippen molar-refractivity contribution in [3.8, 4) is 0 Å². The predicted octanol–water partition coefficient (Wildman–Crippen LogP) is 2.22. The summed E-state index contributed by atoms with van der Waals surface area (Å²) in [5, 5.41) is 9.82. The highest BCUT2D eigenvalue weighted by Gasteiger charge is 2.19. The van der Waals surface area contributed by atoms with Gasteiger partial charge < -0.3 is 11.1 Å². The molecule has 0 aliphatic heterocycles. The molecule has 128 valence electrons. The van der Waals surface area contributed by atoms with Crippen molar-refractivity contribution in [2.45, 2.75) is 37.6 Å². The highest BCUT2D eigenvalue weighted by Crippen LogP contribution is 2.22. The molecule has 1 atom stereocenters. The van der Waals surface area contributed by atoms with Crippen molar-refractivity contribution in [3.05, 3.63) is 35.7 Å². The fourth-order valence-corrected chi connectivity index (χ4v) is 2.80. The number of H-pyrrole nitrogens is 1. The first-order valence-corrected chi connectivity index (χ1v) is 8.52. The molecule has 4 N–H and O–H groups in total. The van der Waals surface area contributed by atoms with Gasteiger partial charge in [0.05, 0.1) is 16.5 Å². The second kappa shape index (κ2) is 7.96. The number of thioether (sulfide) groups is 1. The van der Waals surface area contributed by atoms with Crippen LogP contribution in [0.1, 0.15) is 37.0 Å². The second-order valence-corrected chi connectivity index (χ2v) is 7.13. The Morgan fingerprint density at radius 1 is 1.29 bits per heavy atom.